The molecule has 1 heterocycles. The zero-order valence-corrected chi connectivity index (χ0v) is 12.2. The molecule has 17 heavy (non-hydrogen) atoms. The highest BCUT2D eigenvalue weighted by Gasteiger charge is 2.31. The number of hydrogen-bond acceptors (Lipinski definition) is 3. The molecule has 1 aliphatic rings. The molecule has 1 aliphatic carbocycles. The van der Waals surface area contributed by atoms with Crippen molar-refractivity contribution in [1.82, 2.24) is 10.3 Å². The highest BCUT2D eigenvalue weighted by atomic mass is 32.1. The van der Waals surface area contributed by atoms with E-state index in [-0.39, 0.29) is 0 Å². The molecule has 0 bridgehead atoms. The molecule has 0 saturated heterocycles. The molecule has 3 heteroatoms. The lowest BCUT2D eigenvalue weighted by atomic mass is 9.72. The van der Waals surface area contributed by atoms with Crippen LogP contribution in [0.5, 0.6) is 0 Å². The number of aryl methyl sites for hydroxylation is 2. The topological polar surface area (TPSA) is 24.9 Å². The molecular weight excluding hydrogens is 228 g/mol. The van der Waals surface area contributed by atoms with Crippen molar-refractivity contribution >= 4 is 11.3 Å². The fraction of sp³-hybridized carbons (Fsp3) is 0.786. The normalized spacial score (nSPS) is 24.1. The highest BCUT2D eigenvalue weighted by molar-refractivity contribution is 7.11. The molecule has 0 spiro atoms. The van der Waals surface area contributed by atoms with Gasteiger partial charge in [-0.1, -0.05) is 13.8 Å². The first-order chi connectivity index (χ1) is 8.06. The van der Waals surface area contributed by atoms with Gasteiger partial charge in [0.15, 0.2) is 0 Å². The van der Waals surface area contributed by atoms with Crippen LogP contribution in [-0.4, -0.2) is 17.6 Å². The second-order valence-corrected chi connectivity index (χ2v) is 6.90. The van der Waals surface area contributed by atoms with Gasteiger partial charge in [0.1, 0.15) is 0 Å². The maximum Gasteiger partial charge on any atom is 0.0933 e. The molecule has 2 rings (SSSR count). The van der Waals surface area contributed by atoms with Gasteiger partial charge in [0.25, 0.3) is 0 Å². The predicted molar refractivity (Wildman–Crippen MR) is 74.6 cm³/mol. The van der Waals surface area contributed by atoms with Crippen molar-refractivity contribution in [2.24, 2.45) is 11.8 Å². The van der Waals surface area contributed by atoms with E-state index < -0.39 is 0 Å². The lowest BCUT2D eigenvalue weighted by Gasteiger charge is -2.37. The Labute approximate surface area is 109 Å². The molecule has 1 fully saturated rings. The van der Waals surface area contributed by atoms with Crippen molar-refractivity contribution in [2.75, 3.05) is 6.54 Å². The summed E-state index contributed by atoms with van der Waals surface area (Å²) in [4.78, 5) is 6.05. The van der Waals surface area contributed by atoms with Gasteiger partial charge in [0.05, 0.1) is 10.7 Å². The molecule has 0 aromatic carbocycles. The van der Waals surface area contributed by atoms with Gasteiger partial charge in [-0.25, -0.2) is 4.98 Å². The third-order valence-corrected chi connectivity index (χ3v) is 4.97. The lowest BCUT2D eigenvalue weighted by molar-refractivity contribution is 0.167. The summed E-state index contributed by atoms with van der Waals surface area (Å²) in [5.74, 6) is 1.74. The summed E-state index contributed by atoms with van der Waals surface area (Å²) in [6.45, 7) is 9.93. The van der Waals surface area contributed by atoms with Crippen LogP contribution in [0.2, 0.25) is 0 Å². The van der Waals surface area contributed by atoms with E-state index in [9.17, 15) is 0 Å². The Morgan fingerprint density at radius 3 is 2.47 bits per heavy atom. The van der Waals surface area contributed by atoms with Gasteiger partial charge in [-0.3, -0.25) is 0 Å². The quantitative estimate of drug-likeness (QED) is 0.869. The second kappa shape index (κ2) is 5.49. The molecule has 0 aliphatic heterocycles. The summed E-state index contributed by atoms with van der Waals surface area (Å²) in [5, 5.41) is 4.91. The molecule has 0 radical (unpaired) electrons. The Morgan fingerprint density at radius 1 is 1.29 bits per heavy atom. The van der Waals surface area contributed by atoms with Gasteiger partial charge in [-0.15, -0.1) is 11.3 Å². The molecule has 1 aromatic heterocycles. The van der Waals surface area contributed by atoms with Crippen LogP contribution in [0.25, 0.3) is 0 Å². The number of thiazole rings is 1. The number of rotatable bonds is 5. The van der Waals surface area contributed by atoms with Crippen molar-refractivity contribution in [3.05, 3.63) is 15.6 Å². The Morgan fingerprint density at radius 2 is 2.00 bits per heavy atom. The van der Waals surface area contributed by atoms with Crippen molar-refractivity contribution in [3.63, 3.8) is 0 Å². The van der Waals surface area contributed by atoms with Crippen molar-refractivity contribution in [3.8, 4) is 0 Å². The molecule has 2 nitrogen and oxygen atoms in total. The Balaban J connectivity index is 1.83. The largest absolute Gasteiger partial charge is 0.314 e. The van der Waals surface area contributed by atoms with E-state index in [1.165, 1.54) is 41.4 Å². The summed E-state index contributed by atoms with van der Waals surface area (Å²) in [6.07, 6.45) is 3.99. The molecular formula is C14H24N2S. The minimum Gasteiger partial charge on any atom is -0.314 e. The maximum atomic E-state index is 4.66. The molecule has 96 valence electrons. The average molecular weight is 252 g/mol. The second-order valence-electron chi connectivity index (χ2n) is 5.61. The van der Waals surface area contributed by atoms with Gasteiger partial charge in [-0.05, 0) is 45.1 Å². The summed E-state index contributed by atoms with van der Waals surface area (Å²) in [5.41, 5.74) is 1.22. The lowest BCUT2D eigenvalue weighted by Crippen LogP contribution is -2.38. The molecule has 0 amide bonds. The van der Waals surface area contributed by atoms with E-state index in [0.29, 0.717) is 6.04 Å². The van der Waals surface area contributed by atoms with E-state index in [2.05, 4.69) is 38.0 Å². The fourth-order valence-corrected chi connectivity index (χ4v) is 3.44. The van der Waals surface area contributed by atoms with E-state index in [1.807, 2.05) is 11.3 Å². The smallest absolute Gasteiger partial charge is 0.0933 e. The third-order valence-electron chi connectivity index (χ3n) is 3.87. The summed E-state index contributed by atoms with van der Waals surface area (Å²) in [7, 11) is 0. The number of nitrogens with one attached hydrogen (secondary N) is 1. The molecule has 1 aromatic rings. The van der Waals surface area contributed by atoms with Crippen LogP contribution in [0, 0.1) is 25.7 Å². The minimum absolute atomic E-state index is 0.612. The predicted octanol–water partition coefficient (Wildman–Crippen LogP) is 3.33. The van der Waals surface area contributed by atoms with Crippen LogP contribution in [0.15, 0.2) is 0 Å². The number of nitrogens with zero attached hydrogens (tertiary/aromatic N) is 1. The van der Waals surface area contributed by atoms with Crippen LogP contribution >= 0.6 is 11.3 Å². The van der Waals surface area contributed by atoms with E-state index in [0.717, 1.165) is 11.8 Å². The standard InChI is InChI=1S/C14H24N2S/c1-9(2)15-8-13-6-5-12(13)7-14-16-10(3)11(4)17-14/h9,12-13,15H,5-8H2,1-4H3. The Bertz CT molecular complexity index is 351. The van der Waals surface area contributed by atoms with E-state index in [4.69, 9.17) is 0 Å². The summed E-state index contributed by atoms with van der Waals surface area (Å²) >= 11 is 1.89. The Hall–Kier alpha value is -0.410. The number of aromatic nitrogens is 1. The van der Waals surface area contributed by atoms with Crippen LogP contribution in [0.4, 0.5) is 0 Å². The Kier molecular flexibility index (Phi) is 4.21. The number of hydrogen-bond donors (Lipinski definition) is 1. The first kappa shape index (κ1) is 13.0. The minimum atomic E-state index is 0.612. The molecule has 1 saturated carbocycles. The van der Waals surface area contributed by atoms with Gasteiger partial charge >= 0.3 is 0 Å². The van der Waals surface area contributed by atoms with Gasteiger partial charge < -0.3 is 5.32 Å². The van der Waals surface area contributed by atoms with Crippen molar-refractivity contribution in [1.29, 1.82) is 0 Å². The van der Waals surface area contributed by atoms with Crippen LogP contribution in [0.1, 0.15) is 42.3 Å². The summed E-state index contributed by atoms with van der Waals surface area (Å²) in [6, 6.07) is 0.612. The van der Waals surface area contributed by atoms with Gasteiger partial charge in [0, 0.05) is 17.3 Å². The van der Waals surface area contributed by atoms with Gasteiger partial charge in [0.2, 0.25) is 0 Å². The zero-order valence-electron chi connectivity index (χ0n) is 11.4. The molecule has 2 unspecified atom stereocenters. The fourth-order valence-electron chi connectivity index (χ4n) is 2.41. The van der Waals surface area contributed by atoms with Crippen molar-refractivity contribution in [2.45, 2.75) is 53.0 Å². The monoisotopic (exact) mass is 252 g/mol. The summed E-state index contributed by atoms with van der Waals surface area (Å²) < 4.78 is 0. The van der Waals surface area contributed by atoms with Crippen LogP contribution in [0.3, 0.4) is 0 Å². The van der Waals surface area contributed by atoms with Gasteiger partial charge in [-0.2, -0.15) is 0 Å². The first-order valence-electron chi connectivity index (χ1n) is 6.72. The average Bonchev–Trinajstić information content (AvgIpc) is 2.53. The maximum absolute atomic E-state index is 4.66. The van der Waals surface area contributed by atoms with E-state index in [1.54, 1.807) is 0 Å². The zero-order chi connectivity index (χ0) is 12.4. The van der Waals surface area contributed by atoms with Crippen LogP contribution in [-0.2, 0) is 6.42 Å². The highest BCUT2D eigenvalue weighted by Crippen LogP contribution is 2.37. The van der Waals surface area contributed by atoms with Crippen LogP contribution < -0.4 is 5.32 Å². The third kappa shape index (κ3) is 3.29. The molecule has 1 N–H and O–H groups in total. The first-order valence-corrected chi connectivity index (χ1v) is 7.54. The molecule has 2 atom stereocenters. The van der Waals surface area contributed by atoms with E-state index >= 15 is 0 Å². The SMILES string of the molecule is Cc1nc(CC2CCC2CNC(C)C)sc1C. The van der Waals surface area contributed by atoms with Crippen molar-refractivity contribution < 1.29 is 0 Å².